The fourth-order valence-corrected chi connectivity index (χ4v) is 2.97. The molecule has 3 rings (SSSR count). The number of halogens is 2. The monoisotopic (exact) mass is 398 g/mol. The minimum Gasteiger partial charge on any atom is -0.322 e. The number of carbonyl (C=O) groups is 2. The molecule has 0 spiro atoms. The van der Waals surface area contributed by atoms with E-state index < -0.39 is 5.91 Å². The number of rotatable bonds is 4. The first kappa shape index (κ1) is 19.0. The highest BCUT2D eigenvalue weighted by atomic mass is 35.5. The fraction of sp³-hybridized carbons (Fsp3) is 0.0476. The number of benzene rings is 3. The van der Waals surface area contributed by atoms with E-state index in [0.717, 1.165) is 5.56 Å². The molecule has 0 saturated carbocycles. The van der Waals surface area contributed by atoms with Gasteiger partial charge < -0.3 is 10.6 Å². The maximum Gasteiger partial charge on any atom is 0.257 e. The average molecular weight is 399 g/mol. The molecule has 0 fully saturated rings. The van der Waals surface area contributed by atoms with Gasteiger partial charge in [0.2, 0.25) is 0 Å². The zero-order chi connectivity index (χ0) is 19.4. The summed E-state index contributed by atoms with van der Waals surface area (Å²) in [6.07, 6.45) is 0. The van der Waals surface area contributed by atoms with Crippen LogP contribution in [-0.4, -0.2) is 11.8 Å². The summed E-state index contributed by atoms with van der Waals surface area (Å²) in [7, 11) is 0. The molecule has 3 aromatic carbocycles. The molecule has 0 unspecified atom stereocenters. The second-order valence-corrected chi connectivity index (χ2v) is 6.71. The van der Waals surface area contributed by atoms with Crippen molar-refractivity contribution in [1.82, 2.24) is 0 Å². The average Bonchev–Trinajstić information content (AvgIpc) is 2.64. The molecule has 0 bridgehead atoms. The van der Waals surface area contributed by atoms with Gasteiger partial charge in [-0.05, 0) is 48.9 Å². The van der Waals surface area contributed by atoms with Gasteiger partial charge in [-0.1, -0.05) is 53.5 Å². The van der Waals surface area contributed by atoms with Crippen molar-refractivity contribution in [3.8, 4) is 0 Å². The molecule has 27 heavy (non-hydrogen) atoms. The molecule has 0 atom stereocenters. The SMILES string of the molecule is Cc1cccc(NC(=O)c2ccccc2NC(=O)c2cccc(Cl)c2Cl)c1. The van der Waals surface area contributed by atoms with Gasteiger partial charge in [0.25, 0.3) is 11.8 Å². The minimum absolute atomic E-state index is 0.165. The summed E-state index contributed by atoms with van der Waals surface area (Å²) in [6, 6.07) is 19.0. The molecule has 0 radical (unpaired) electrons. The van der Waals surface area contributed by atoms with Crippen molar-refractivity contribution in [2.24, 2.45) is 0 Å². The normalized spacial score (nSPS) is 10.3. The molecular formula is C21H16Cl2N2O2. The van der Waals surface area contributed by atoms with Crippen LogP contribution in [0.25, 0.3) is 0 Å². The molecule has 0 aliphatic carbocycles. The lowest BCUT2D eigenvalue weighted by Crippen LogP contribution is -2.18. The molecule has 4 nitrogen and oxygen atoms in total. The third-order valence-corrected chi connectivity index (χ3v) is 4.71. The molecular weight excluding hydrogens is 383 g/mol. The van der Waals surface area contributed by atoms with Crippen molar-refractivity contribution in [2.45, 2.75) is 6.92 Å². The highest BCUT2D eigenvalue weighted by Gasteiger charge is 2.17. The Morgan fingerprint density at radius 3 is 2.22 bits per heavy atom. The molecule has 2 amide bonds. The molecule has 2 N–H and O–H groups in total. The summed E-state index contributed by atoms with van der Waals surface area (Å²) < 4.78 is 0. The molecule has 3 aromatic rings. The van der Waals surface area contributed by atoms with Gasteiger partial charge in [-0.15, -0.1) is 0 Å². The molecule has 0 aliphatic rings. The number of hydrogen-bond donors (Lipinski definition) is 2. The van der Waals surface area contributed by atoms with Gasteiger partial charge in [0, 0.05) is 5.69 Å². The maximum absolute atomic E-state index is 12.7. The summed E-state index contributed by atoms with van der Waals surface area (Å²) in [5, 5.41) is 6.02. The Balaban J connectivity index is 1.84. The van der Waals surface area contributed by atoms with E-state index in [0.29, 0.717) is 16.9 Å². The van der Waals surface area contributed by atoms with Gasteiger partial charge >= 0.3 is 0 Å². The first-order chi connectivity index (χ1) is 13.0. The van der Waals surface area contributed by atoms with E-state index in [4.69, 9.17) is 23.2 Å². The minimum atomic E-state index is -0.446. The van der Waals surface area contributed by atoms with Gasteiger partial charge in [0.15, 0.2) is 0 Å². The van der Waals surface area contributed by atoms with Crippen molar-refractivity contribution in [1.29, 1.82) is 0 Å². The van der Waals surface area contributed by atoms with Gasteiger partial charge in [-0.3, -0.25) is 9.59 Å². The Morgan fingerprint density at radius 1 is 0.778 bits per heavy atom. The third-order valence-electron chi connectivity index (χ3n) is 3.89. The van der Waals surface area contributed by atoms with E-state index in [1.54, 1.807) is 48.5 Å². The molecule has 0 saturated heterocycles. The number of anilines is 2. The van der Waals surface area contributed by atoms with Gasteiger partial charge in [-0.25, -0.2) is 0 Å². The Morgan fingerprint density at radius 2 is 1.44 bits per heavy atom. The van der Waals surface area contributed by atoms with Crippen LogP contribution in [0.4, 0.5) is 11.4 Å². The number of carbonyl (C=O) groups excluding carboxylic acids is 2. The lowest BCUT2D eigenvalue weighted by Gasteiger charge is -2.12. The Hall–Kier alpha value is -2.82. The third kappa shape index (κ3) is 4.48. The van der Waals surface area contributed by atoms with Crippen LogP contribution in [0.2, 0.25) is 10.0 Å². The van der Waals surface area contributed by atoms with E-state index in [1.807, 2.05) is 25.1 Å². The number of para-hydroxylation sites is 1. The Bertz CT molecular complexity index is 1020. The van der Waals surface area contributed by atoms with Crippen molar-refractivity contribution < 1.29 is 9.59 Å². The van der Waals surface area contributed by atoms with Gasteiger partial charge in [0.05, 0.1) is 26.9 Å². The number of aryl methyl sites for hydroxylation is 1. The lowest BCUT2D eigenvalue weighted by atomic mass is 10.1. The van der Waals surface area contributed by atoms with E-state index in [9.17, 15) is 9.59 Å². The van der Waals surface area contributed by atoms with Crippen molar-refractivity contribution >= 4 is 46.4 Å². The highest BCUT2D eigenvalue weighted by Crippen LogP contribution is 2.27. The predicted molar refractivity (Wildman–Crippen MR) is 110 cm³/mol. The molecule has 0 aromatic heterocycles. The zero-order valence-corrected chi connectivity index (χ0v) is 15.9. The van der Waals surface area contributed by atoms with Crippen LogP contribution in [0.5, 0.6) is 0 Å². The second-order valence-electron chi connectivity index (χ2n) is 5.92. The van der Waals surface area contributed by atoms with E-state index in [-0.39, 0.29) is 21.5 Å². The summed E-state index contributed by atoms with van der Waals surface area (Å²) in [6.45, 7) is 1.94. The van der Waals surface area contributed by atoms with Crippen LogP contribution in [-0.2, 0) is 0 Å². The number of amides is 2. The molecule has 136 valence electrons. The van der Waals surface area contributed by atoms with Crippen molar-refractivity contribution in [3.05, 3.63) is 93.5 Å². The van der Waals surface area contributed by atoms with E-state index in [2.05, 4.69) is 10.6 Å². The smallest absolute Gasteiger partial charge is 0.257 e. The van der Waals surface area contributed by atoms with Crippen LogP contribution < -0.4 is 10.6 Å². The van der Waals surface area contributed by atoms with Gasteiger partial charge in [-0.2, -0.15) is 0 Å². The maximum atomic E-state index is 12.7. The summed E-state index contributed by atoms with van der Waals surface area (Å²) in [5.41, 5.74) is 2.66. The first-order valence-corrected chi connectivity index (χ1v) is 8.93. The van der Waals surface area contributed by atoms with Crippen LogP contribution in [0.1, 0.15) is 26.3 Å². The highest BCUT2D eigenvalue weighted by molar-refractivity contribution is 6.44. The van der Waals surface area contributed by atoms with Crippen LogP contribution >= 0.6 is 23.2 Å². The van der Waals surface area contributed by atoms with Crippen LogP contribution in [0.3, 0.4) is 0 Å². The number of hydrogen-bond acceptors (Lipinski definition) is 2. The standard InChI is InChI=1S/C21H16Cl2N2O2/c1-13-6-4-7-14(12-13)24-20(26)15-8-2-3-11-18(15)25-21(27)16-9-5-10-17(22)19(16)23/h2-12H,1H3,(H,24,26)(H,25,27). The quantitative estimate of drug-likeness (QED) is 0.582. The second kappa shape index (κ2) is 8.25. The Kier molecular flexibility index (Phi) is 5.79. The van der Waals surface area contributed by atoms with E-state index in [1.165, 1.54) is 0 Å². The fourth-order valence-electron chi connectivity index (χ4n) is 2.58. The summed E-state index contributed by atoms with van der Waals surface area (Å²) >= 11 is 12.1. The van der Waals surface area contributed by atoms with Crippen LogP contribution in [0, 0.1) is 6.92 Å². The summed E-state index contributed by atoms with van der Waals surface area (Å²) in [4.78, 5) is 25.3. The summed E-state index contributed by atoms with van der Waals surface area (Å²) in [5.74, 6) is -0.771. The number of nitrogens with one attached hydrogen (secondary N) is 2. The van der Waals surface area contributed by atoms with E-state index >= 15 is 0 Å². The lowest BCUT2D eigenvalue weighted by molar-refractivity contribution is 0.102. The molecule has 6 heteroatoms. The van der Waals surface area contributed by atoms with Crippen molar-refractivity contribution in [2.75, 3.05) is 10.6 Å². The van der Waals surface area contributed by atoms with Crippen molar-refractivity contribution in [3.63, 3.8) is 0 Å². The predicted octanol–water partition coefficient (Wildman–Crippen LogP) is 5.81. The van der Waals surface area contributed by atoms with Crippen LogP contribution in [0.15, 0.2) is 66.7 Å². The molecule has 0 aliphatic heterocycles. The first-order valence-electron chi connectivity index (χ1n) is 8.18. The Labute approximate surface area is 167 Å². The molecule has 0 heterocycles. The topological polar surface area (TPSA) is 58.2 Å². The zero-order valence-electron chi connectivity index (χ0n) is 14.4. The largest absolute Gasteiger partial charge is 0.322 e. The van der Waals surface area contributed by atoms with Gasteiger partial charge in [0.1, 0.15) is 0 Å².